The number of amidine groups is 1. The topological polar surface area (TPSA) is 112 Å². The number of carbonyl (C=O) groups excluding carboxylic acids is 2. The van der Waals surface area contributed by atoms with Crippen molar-refractivity contribution < 1.29 is 18.0 Å². The monoisotopic (exact) mass is 489 g/mol. The van der Waals surface area contributed by atoms with Gasteiger partial charge in [0.2, 0.25) is 10.0 Å². The highest BCUT2D eigenvalue weighted by Gasteiger charge is 2.47. The number of hydrogen-bond donors (Lipinski definition) is 1. The van der Waals surface area contributed by atoms with Crippen molar-refractivity contribution in [1.82, 2.24) is 19.5 Å². The van der Waals surface area contributed by atoms with E-state index in [1.165, 1.54) is 20.5 Å². The van der Waals surface area contributed by atoms with Crippen LogP contribution in [-0.4, -0.2) is 78.7 Å². The summed E-state index contributed by atoms with van der Waals surface area (Å²) in [5, 5.41) is 4.62. The number of thiazole rings is 1. The molecule has 4 rings (SSSR count). The number of carbonyl (C=O) groups is 2. The summed E-state index contributed by atoms with van der Waals surface area (Å²) in [5.41, 5.74) is 3.76. The third-order valence-corrected chi connectivity index (χ3v) is 8.68. The molecule has 0 atom stereocenters. The molecule has 9 nitrogen and oxygen atoms in total. The number of aliphatic imine (C=N–C) groups is 1. The van der Waals surface area contributed by atoms with E-state index in [-0.39, 0.29) is 30.7 Å². The van der Waals surface area contributed by atoms with Crippen LogP contribution in [0.1, 0.15) is 40.0 Å². The molecule has 0 bridgehead atoms. The van der Waals surface area contributed by atoms with Crippen LogP contribution < -0.4 is 5.32 Å². The van der Waals surface area contributed by atoms with E-state index in [4.69, 9.17) is 0 Å². The van der Waals surface area contributed by atoms with Gasteiger partial charge in [-0.1, -0.05) is 6.07 Å². The van der Waals surface area contributed by atoms with E-state index in [9.17, 15) is 18.0 Å². The van der Waals surface area contributed by atoms with Crippen molar-refractivity contribution in [2.75, 3.05) is 32.9 Å². The Kier molecular flexibility index (Phi) is 6.39. The molecule has 2 amide bonds. The lowest BCUT2D eigenvalue weighted by Gasteiger charge is -2.34. The SMILES string of the molecule is Cc1cc(C(=O)N(C)C)ccc1CCS(=O)(=O)N1CCC2(CC1)N=C(c1cscn1)NC2=O. The first-order chi connectivity index (χ1) is 15.6. The molecule has 1 aromatic carbocycles. The summed E-state index contributed by atoms with van der Waals surface area (Å²) in [5.74, 6) is 0.160. The minimum absolute atomic E-state index is 0.0264. The summed E-state index contributed by atoms with van der Waals surface area (Å²) in [6.45, 7) is 2.38. The van der Waals surface area contributed by atoms with Crippen molar-refractivity contribution in [2.24, 2.45) is 4.99 Å². The fourth-order valence-corrected chi connectivity index (χ4v) is 6.19. The number of rotatable bonds is 6. The van der Waals surface area contributed by atoms with Crippen molar-refractivity contribution in [1.29, 1.82) is 0 Å². The first kappa shape index (κ1) is 23.5. The van der Waals surface area contributed by atoms with Gasteiger partial charge in [0, 0.05) is 38.1 Å². The Morgan fingerprint density at radius 3 is 2.61 bits per heavy atom. The normalized spacial score (nSPS) is 18.3. The van der Waals surface area contributed by atoms with Gasteiger partial charge in [0.15, 0.2) is 5.84 Å². The third kappa shape index (κ3) is 4.71. The summed E-state index contributed by atoms with van der Waals surface area (Å²) in [6.07, 6.45) is 1.04. The summed E-state index contributed by atoms with van der Waals surface area (Å²) in [7, 11) is -0.0999. The van der Waals surface area contributed by atoms with Crippen LogP contribution in [0.2, 0.25) is 0 Å². The van der Waals surface area contributed by atoms with Crippen molar-refractivity contribution in [3.8, 4) is 0 Å². The average molecular weight is 490 g/mol. The third-order valence-electron chi connectivity index (χ3n) is 6.22. The number of aryl methyl sites for hydroxylation is 2. The van der Waals surface area contributed by atoms with Gasteiger partial charge in [0.1, 0.15) is 11.2 Å². The summed E-state index contributed by atoms with van der Waals surface area (Å²) in [6, 6.07) is 5.36. The summed E-state index contributed by atoms with van der Waals surface area (Å²) < 4.78 is 27.4. The van der Waals surface area contributed by atoms with Gasteiger partial charge in [-0.25, -0.2) is 22.7 Å². The molecule has 176 valence electrons. The maximum absolute atomic E-state index is 13.0. The molecule has 1 spiro atoms. The van der Waals surface area contributed by atoms with Gasteiger partial charge >= 0.3 is 0 Å². The molecule has 1 N–H and O–H groups in total. The lowest BCUT2D eigenvalue weighted by Crippen LogP contribution is -2.50. The first-order valence-corrected chi connectivity index (χ1v) is 13.3. The second kappa shape index (κ2) is 8.96. The number of benzene rings is 1. The number of hydrogen-bond acceptors (Lipinski definition) is 7. The van der Waals surface area contributed by atoms with E-state index in [1.807, 2.05) is 18.4 Å². The fraction of sp³-hybridized carbons (Fsp3) is 0.455. The molecule has 33 heavy (non-hydrogen) atoms. The number of amides is 2. The van der Waals surface area contributed by atoms with E-state index in [0.717, 1.165) is 11.1 Å². The van der Waals surface area contributed by atoms with Gasteiger partial charge in [-0.2, -0.15) is 0 Å². The second-order valence-corrected chi connectivity index (χ2v) is 11.4. The Hall–Kier alpha value is -2.63. The smallest absolute Gasteiger partial charge is 0.253 e. The number of nitrogens with one attached hydrogen (secondary N) is 1. The summed E-state index contributed by atoms with van der Waals surface area (Å²) in [4.78, 5) is 35.1. The van der Waals surface area contributed by atoms with Gasteiger partial charge in [-0.15, -0.1) is 11.3 Å². The fourth-order valence-electron chi connectivity index (χ4n) is 4.18. The molecule has 3 heterocycles. The van der Waals surface area contributed by atoms with Crippen molar-refractivity contribution in [3.05, 3.63) is 51.5 Å². The molecular weight excluding hydrogens is 462 g/mol. The van der Waals surface area contributed by atoms with Gasteiger partial charge in [-0.05, 0) is 49.4 Å². The Bertz CT molecular complexity index is 1200. The molecule has 1 aromatic heterocycles. The van der Waals surface area contributed by atoms with Gasteiger partial charge in [0.05, 0.1) is 11.3 Å². The highest BCUT2D eigenvalue weighted by atomic mass is 32.2. The number of piperidine rings is 1. The maximum Gasteiger partial charge on any atom is 0.253 e. The van der Waals surface area contributed by atoms with Crippen LogP contribution in [0.3, 0.4) is 0 Å². The minimum atomic E-state index is -3.49. The van der Waals surface area contributed by atoms with E-state index in [2.05, 4.69) is 15.3 Å². The molecule has 11 heteroatoms. The van der Waals surface area contributed by atoms with Crippen LogP contribution in [0, 0.1) is 6.92 Å². The largest absolute Gasteiger partial charge is 0.345 e. The molecular formula is C22H27N5O4S2. The van der Waals surface area contributed by atoms with Gasteiger partial charge < -0.3 is 10.2 Å². The lowest BCUT2D eigenvalue weighted by atomic mass is 9.89. The van der Waals surface area contributed by atoms with Gasteiger partial charge in [-0.3, -0.25) is 9.59 Å². The maximum atomic E-state index is 13.0. The van der Waals surface area contributed by atoms with Gasteiger partial charge in [0.25, 0.3) is 11.8 Å². The molecule has 0 unspecified atom stereocenters. The molecule has 1 saturated heterocycles. The standard InChI is InChI=1S/C22H27N5O4S2/c1-15-12-17(20(28)26(2)3)5-4-16(15)6-11-33(30,31)27-9-7-22(8-10-27)21(29)24-19(25-22)18-13-32-14-23-18/h4-5,12-14H,6-11H2,1-3H3,(H,24,25,29). The van der Waals surface area contributed by atoms with Crippen LogP contribution in [0.4, 0.5) is 0 Å². The molecule has 0 radical (unpaired) electrons. The Morgan fingerprint density at radius 1 is 1.27 bits per heavy atom. The van der Waals surface area contributed by atoms with Crippen LogP contribution in [-0.2, 0) is 21.2 Å². The Labute approximate surface area is 197 Å². The van der Waals surface area contributed by atoms with Crippen molar-refractivity contribution in [3.63, 3.8) is 0 Å². The van der Waals surface area contributed by atoms with Crippen LogP contribution in [0.15, 0.2) is 34.1 Å². The Morgan fingerprint density at radius 2 is 2.00 bits per heavy atom. The van der Waals surface area contributed by atoms with Crippen LogP contribution in [0.25, 0.3) is 0 Å². The van der Waals surface area contributed by atoms with E-state index < -0.39 is 15.6 Å². The molecule has 0 aliphatic carbocycles. The number of nitrogens with zero attached hydrogens (tertiary/aromatic N) is 4. The average Bonchev–Trinajstić information content (AvgIpc) is 3.42. The highest BCUT2D eigenvalue weighted by molar-refractivity contribution is 7.89. The molecule has 0 saturated carbocycles. The first-order valence-electron chi connectivity index (χ1n) is 10.7. The van der Waals surface area contributed by atoms with Crippen molar-refractivity contribution in [2.45, 2.75) is 31.7 Å². The molecule has 2 aromatic rings. The zero-order valence-corrected chi connectivity index (χ0v) is 20.5. The second-order valence-electron chi connectivity index (χ2n) is 8.63. The van der Waals surface area contributed by atoms with Crippen LogP contribution in [0.5, 0.6) is 0 Å². The molecule has 2 aliphatic heterocycles. The predicted molar refractivity (Wildman–Crippen MR) is 127 cm³/mol. The van der Waals surface area contributed by atoms with Crippen LogP contribution >= 0.6 is 11.3 Å². The zero-order valence-electron chi connectivity index (χ0n) is 18.9. The Balaban J connectivity index is 1.39. The lowest BCUT2D eigenvalue weighted by molar-refractivity contribution is -0.124. The minimum Gasteiger partial charge on any atom is -0.345 e. The van der Waals surface area contributed by atoms with E-state index in [1.54, 1.807) is 31.7 Å². The summed E-state index contributed by atoms with van der Waals surface area (Å²) >= 11 is 1.42. The zero-order chi connectivity index (χ0) is 23.8. The highest BCUT2D eigenvalue weighted by Crippen LogP contribution is 2.32. The quantitative estimate of drug-likeness (QED) is 0.660. The van der Waals surface area contributed by atoms with E-state index in [0.29, 0.717) is 36.4 Å². The number of sulfonamides is 1. The number of aromatic nitrogens is 1. The predicted octanol–water partition coefficient (Wildman–Crippen LogP) is 1.44. The van der Waals surface area contributed by atoms with Crippen molar-refractivity contribution >= 4 is 39.0 Å². The molecule has 1 fully saturated rings. The molecule has 2 aliphatic rings. The van der Waals surface area contributed by atoms with E-state index >= 15 is 0 Å².